The first-order chi connectivity index (χ1) is 8.49. The molecule has 2 unspecified atom stereocenters. The highest BCUT2D eigenvalue weighted by Gasteiger charge is 2.18. The van der Waals surface area contributed by atoms with Gasteiger partial charge in [0.05, 0.1) is 0 Å². The maximum atomic E-state index is 13.6. The third-order valence-corrected chi connectivity index (χ3v) is 3.41. The van der Waals surface area contributed by atoms with Crippen molar-refractivity contribution in [3.63, 3.8) is 0 Å². The van der Waals surface area contributed by atoms with Crippen molar-refractivity contribution < 1.29 is 8.78 Å². The van der Waals surface area contributed by atoms with Crippen molar-refractivity contribution in [2.24, 2.45) is 5.73 Å². The topological polar surface area (TPSA) is 29.3 Å². The third kappa shape index (κ3) is 3.75. The van der Waals surface area contributed by atoms with Crippen LogP contribution in [0, 0.1) is 11.6 Å². The van der Waals surface area contributed by atoms with Crippen molar-refractivity contribution in [1.29, 1.82) is 0 Å². The molecule has 0 saturated heterocycles. The van der Waals surface area contributed by atoms with Crippen LogP contribution in [0.5, 0.6) is 0 Å². The zero-order valence-corrected chi connectivity index (χ0v) is 11.3. The average molecular weight is 256 g/mol. The first kappa shape index (κ1) is 15.1. The molecular weight excluding hydrogens is 234 g/mol. The Labute approximate surface area is 108 Å². The molecule has 0 aliphatic carbocycles. The van der Waals surface area contributed by atoms with Gasteiger partial charge >= 0.3 is 0 Å². The van der Waals surface area contributed by atoms with E-state index in [1.807, 2.05) is 6.92 Å². The van der Waals surface area contributed by atoms with Gasteiger partial charge in [-0.3, -0.25) is 4.90 Å². The SMILES string of the molecule is CCC(C)N(CC)CC(N)c1cc(F)ccc1F. The van der Waals surface area contributed by atoms with Gasteiger partial charge in [0.1, 0.15) is 11.6 Å². The zero-order valence-electron chi connectivity index (χ0n) is 11.3. The van der Waals surface area contributed by atoms with Crippen molar-refractivity contribution in [2.75, 3.05) is 13.1 Å². The summed E-state index contributed by atoms with van der Waals surface area (Å²) in [6.45, 7) is 7.63. The summed E-state index contributed by atoms with van der Waals surface area (Å²) in [6.07, 6.45) is 1.01. The lowest BCUT2D eigenvalue weighted by atomic mass is 10.1. The zero-order chi connectivity index (χ0) is 13.7. The van der Waals surface area contributed by atoms with Crippen LogP contribution in [0.2, 0.25) is 0 Å². The fourth-order valence-electron chi connectivity index (χ4n) is 2.03. The maximum Gasteiger partial charge on any atom is 0.128 e. The molecule has 1 rings (SSSR count). The molecule has 1 aromatic rings. The molecule has 4 heteroatoms. The van der Waals surface area contributed by atoms with E-state index in [4.69, 9.17) is 5.73 Å². The van der Waals surface area contributed by atoms with Crippen molar-refractivity contribution in [3.05, 3.63) is 35.4 Å². The third-order valence-electron chi connectivity index (χ3n) is 3.41. The van der Waals surface area contributed by atoms with E-state index >= 15 is 0 Å². The highest BCUT2D eigenvalue weighted by atomic mass is 19.1. The molecule has 0 aliphatic heterocycles. The Morgan fingerprint density at radius 1 is 1.28 bits per heavy atom. The molecule has 0 saturated carbocycles. The molecule has 102 valence electrons. The summed E-state index contributed by atoms with van der Waals surface area (Å²) < 4.78 is 26.7. The molecule has 18 heavy (non-hydrogen) atoms. The Morgan fingerprint density at radius 2 is 1.94 bits per heavy atom. The lowest BCUT2D eigenvalue weighted by Gasteiger charge is -2.29. The molecule has 0 radical (unpaired) electrons. The molecular formula is C14H22F2N2. The molecule has 2 N–H and O–H groups in total. The van der Waals surface area contributed by atoms with Gasteiger partial charge in [-0.25, -0.2) is 8.78 Å². The van der Waals surface area contributed by atoms with E-state index in [1.54, 1.807) is 0 Å². The smallest absolute Gasteiger partial charge is 0.128 e. The van der Waals surface area contributed by atoms with E-state index in [0.717, 1.165) is 25.1 Å². The molecule has 2 atom stereocenters. The van der Waals surface area contributed by atoms with Gasteiger partial charge in [-0.1, -0.05) is 13.8 Å². The van der Waals surface area contributed by atoms with Gasteiger partial charge in [0.2, 0.25) is 0 Å². The normalized spacial score (nSPS) is 14.8. The lowest BCUT2D eigenvalue weighted by molar-refractivity contribution is 0.201. The summed E-state index contributed by atoms with van der Waals surface area (Å²) in [5.74, 6) is -0.891. The van der Waals surface area contributed by atoms with Gasteiger partial charge in [-0.2, -0.15) is 0 Å². The Kier molecular flexibility index (Phi) is 5.69. The number of benzene rings is 1. The minimum atomic E-state index is -0.505. The maximum absolute atomic E-state index is 13.6. The first-order valence-corrected chi connectivity index (χ1v) is 6.44. The van der Waals surface area contributed by atoms with Crippen molar-refractivity contribution in [2.45, 2.75) is 39.3 Å². The van der Waals surface area contributed by atoms with Crippen LogP contribution < -0.4 is 5.73 Å². The lowest BCUT2D eigenvalue weighted by Crippen LogP contribution is -2.38. The van der Waals surface area contributed by atoms with Crippen LogP contribution in [0.1, 0.15) is 38.8 Å². The van der Waals surface area contributed by atoms with Crippen LogP contribution in [0.4, 0.5) is 8.78 Å². The number of likely N-dealkylation sites (N-methyl/N-ethyl adjacent to an activating group) is 1. The Morgan fingerprint density at radius 3 is 2.50 bits per heavy atom. The van der Waals surface area contributed by atoms with E-state index in [-0.39, 0.29) is 5.56 Å². The van der Waals surface area contributed by atoms with Crippen molar-refractivity contribution in [3.8, 4) is 0 Å². The van der Waals surface area contributed by atoms with Gasteiger partial charge in [-0.15, -0.1) is 0 Å². The number of hydrogen-bond donors (Lipinski definition) is 1. The molecule has 0 fully saturated rings. The second-order valence-corrected chi connectivity index (χ2v) is 4.62. The molecule has 0 heterocycles. The average Bonchev–Trinajstić information content (AvgIpc) is 2.37. The Hall–Kier alpha value is -1.00. The summed E-state index contributed by atoms with van der Waals surface area (Å²) in [5.41, 5.74) is 6.23. The minimum absolute atomic E-state index is 0.247. The van der Waals surface area contributed by atoms with E-state index in [1.165, 1.54) is 6.07 Å². The Balaban J connectivity index is 2.80. The van der Waals surface area contributed by atoms with Gasteiger partial charge < -0.3 is 5.73 Å². The van der Waals surface area contributed by atoms with Crippen molar-refractivity contribution in [1.82, 2.24) is 4.90 Å². The van der Waals surface area contributed by atoms with Gasteiger partial charge in [0.15, 0.2) is 0 Å². The van der Waals surface area contributed by atoms with Gasteiger partial charge in [0.25, 0.3) is 0 Å². The molecule has 0 aliphatic rings. The number of nitrogens with two attached hydrogens (primary N) is 1. The summed E-state index contributed by atoms with van der Waals surface area (Å²) in [6, 6.07) is 3.30. The number of rotatable bonds is 6. The van der Waals surface area contributed by atoms with E-state index < -0.39 is 17.7 Å². The molecule has 0 bridgehead atoms. The predicted molar refractivity (Wildman–Crippen MR) is 70.3 cm³/mol. The molecule has 0 spiro atoms. The standard InChI is InChI=1S/C14H22F2N2/c1-4-10(3)18(5-2)9-14(17)12-8-11(15)6-7-13(12)16/h6-8,10,14H,4-5,9,17H2,1-3H3. The van der Waals surface area contributed by atoms with Crippen LogP contribution in [-0.2, 0) is 0 Å². The van der Waals surface area contributed by atoms with Crippen molar-refractivity contribution >= 4 is 0 Å². The molecule has 2 nitrogen and oxygen atoms in total. The Bertz CT molecular complexity index is 382. The van der Waals surface area contributed by atoms with E-state index in [0.29, 0.717) is 12.6 Å². The van der Waals surface area contributed by atoms with Crippen LogP contribution in [0.15, 0.2) is 18.2 Å². The van der Waals surface area contributed by atoms with Gasteiger partial charge in [0, 0.05) is 24.2 Å². The highest BCUT2D eigenvalue weighted by Crippen LogP contribution is 2.18. The highest BCUT2D eigenvalue weighted by molar-refractivity contribution is 5.22. The van der Waals surface area contributed by atoms with E-state index in [9.17, 15) is 8.78 Å². The van der Waals surface area contributed by atoms with Gasteiger partial charge in [-0.05, 0) is 38.1 Å². The summed E-state index contributed by atoms with van der Waals surface area (Å²) in [4.78, 5) is 2.18. The van der Waals surface area contributed by atoms with Crippen LogP contribution in [0.25, 0.3) is 0 Å². The fourth-order valence-corrected chi connectivity index (χ4v) is 2.03. The van der Waals surface area contributed by atoms with Crippen LogP contribution in [0.3, 0.4) is 0 Å². The number of nitrogens with zero attached hydrogens (tertiary/aromatic N) is 1. The fraction of sp³-hybridized carbons (Fsp3) is 0.571. The second-order valence-electron chi connectivity index (χ2n) is 4.62. The monoisotopic (exact) mass is 256 g/mol. The quantitative estimate of drug-likeness (QED) is 0.847. The number of halogens is 2. The van der Waals surface area contributed by atoms with Crippen LogP contribution in [-0.4, -0.2) is 24.0 Å². The predicted octanol–water partition coefficient (Wildman–Crippen LogP) is 3.09. The largest absolute Gasteiger partial charge is 0.323 e. The summed E-state index contributed by atoms with van der Waals surface area (Å²) in [7, 11) is 0. The summed E-state index contributed by atoms with van der Waals surface area (Å²) in [5, 5.41) is 0. The molecule has 0 amide bonds. The second kappa shape index (κ2) is 6.81. The van der Waals surface area contributed by atoms with E-state index in [2.05, 4.69) is 18.7 Å². The van der Waals surface area contributed by atoms with Crippen LogP contribution >= 0.6 is 0 Å². The summed E-state index contributed by atoms with van der Waals surface area (Å²) >= 11 is 0. The molecule has 0 aromatic heterocycles. The first-order valence-electron chi connectivity index (χ1n) is 6.44. The molecule has 1 aromatic carbocycles. The minimum Gasteiger partial charge on any atom is -0.323 e. The number of hydrogen-bond acceptors (Lipinski definition) is 2.